The van der Waals surface area contributed by atoms with Crippen molar-refractivity contribution in [2.75, 3.05) is 6.54 Å². The molecule has 1 saturated carbocycles. The Morgan fingerprint density at radius 2 is 1.94 bits per heavy atom. The molecule has 0 bridgehead atoms. The molecule has 2 N–H and O–H groups in total. The van der Waals surface area contributed by atoms with Crippen LogP contribution in [0, 0.1) is 11.8 Å². The zero-order valence-electron chi connectivity index (χ0n) is 11.6. The van der Waals surface area contributed by atoms with Crippen LogP contribution in [0.4, 0.5) is 0 Å². The molecule has 4 atom stereocenters. The van der Waals surface area contributed by atoms with Gasteiger partial charge >= 0.3 is 0 Å². The van der Waals surface area contributed by atoms with Crippen molar-refractivity contribution in [1.82, 2.24) is 4.90 Å². The molecule has 2 fully saturated rings. The second-order valence-corrected chi connectivity index (χ2v) is 6.14. The smallest absolute Gasteiger partial charge is 0.223 e. The van der Waals surface area contributed by atoms with Gasteiger partial charge in [0.05, 0.1) is 0 Å². The molecule has 18 heavy (non-hydrogen) atoms. The van der Waals surface area contributed by atoms with Crippen LogP contribution in [0.3, 0.4) is 0 Å². The molecule has 3 nitrogen and oxygen atoms in total. The van der Waals surface area contributed by atoms with Gasteiger partial charge in [0, 0.05) is 25.0 Å². The van der Waals surface area contributed by atoms with Gasteiger partial charge in [-0.25, -0.2) is 0 Å². The maximum atomic E-state index is 12.3. The Labute approximate surface area is 117 Å². The third-order valence-electron chi connectivity index (χ3n) is 4.59. The Balaban J connectivity index is 0.00000162. The van der Waals surface area contributed by atoms with Gasteiger partial charge in [-0.1, -0.05) is 13.3 Å². The van der Waals surface area contributed by atoms with Crippen LogP contribution in [0.2, 0.25) is 0 Å². The summed E-state index contributed by atoms with van der Waals surface area (Å²) < 4.78 is 0. The van der Waals surface area contributed by atoms with E-state index in [1.54, 1.807) is 0 Å². The first-order valence-corrected chi connectivity index (χ1v) is 7.13. The molecular weight excluding hydrogens is 248 g/mol. The Hall–Kier alpha value is -0.280. The number of amides is 1. The molecule has 1 aliphatic heterocycles. The Kier molecular flexibility index (Phi) is 5.93. The number of hydrogen-bond acceptors (Lipinski definition) is 2. The van der Waals surface area contributed by atoms with Crippen molar-refractivity contribution in [3.8, 4) is 0 Å². The SMILES string of the molecule is CC1CCC(C)N(C(=O)C[C@@H]2CCC[C@H]2N)C1.Cl. The number of likely N-dealkylation sites (tertiary alicyclic amines) is 1. The van der Waals surface area contributed by atoms with Gasteiger partial charge in [-0.15, -0.1) is 12.4 Å². The summed E-state index contributed by atoms with van der Waals surface area (Å²) in [6, 6.07) is 0.688. The van der Waals surface area contributed by atoms with Crippen molar-refractivity contribution < 1.29 is 4.79 Å². The van der Waals surface area contributed by atoms with E-state index in [1.165, 1.54) is 12.8 Å². The molecule has 2 aliphatic rings. The number of halogens is 1. The number of rotatable bonds is 2. The third kappa shape index (κ3) is 3.61. The average Bonchev–Trinajstić information content (AvgIpc) is 2.68. The Morgan fingerprint density at radius 1 is 1.22 bits per heavy atom. The number of carbonyl (C=O) groups is 1. The van der Waals surface area contributed by atoms with E-state index in [2.05, 4.69) is 18.7 Å². The predicted molar refractivity (Wildman–Crippen MR) is 76.8 cm³/mol. The van der Waals surface area contributed by atoms with Crippen molar-refractivity contribution in [3.63, 3.8) is 0 Å². The molecule has 0 radical (unpaired) electrons. The van der Waals surface area contributed by atoms with Crippen molar-refractivity contribution in [2.45, 2.75) is 64.5 Å². The summed E-state index contributed by atoms with van der Waals surface area (Å²) in [5.41, 5.74) is 6.05. The van der Waals surface area contributed by atoms with Crippen LogP contribution in [0.5, 0.6) is 0 Å². The highest BCUT2D eigenvalue weighted by Crippen LogP contribution is 2.29. The van der Waals surface area contributed by atoms with Crippen LogP contribution >= 0.6 is 12.4 Å². The van der Waals surface area contributed by atoms with E-state index in [0.717, 1.165) is 25.8 Å². The number of nitrogens with zero attached hydrogens (tertiary/aromatic N) is 1. The van der Waals surface area contributed by atoms with Crippen LogP contribution in [0.25, 0.3) is 0 Å². The van der Waals surface area contributed by atoms with Gasteiger partial charge in [0.15, 0.2) is 0 Å². The lowest BCUT2D eigenvalue weighted by Gasteiger charge is -2.37. The number of piperidine rings is 1. The molecule has 106 valence electrons. The van der Waals surface area contributed by atoms with Crippen molar-refractivity contribution in [3.05, 3.63) is 0 Å². The first-order chi connectivity index (χ1) is 8.08. The summed E-state index contributed by atoms with van der Waals surface area (Å²) in [4.78, 5) is 14.4. The molecule has 0 aromatic carbocycles. The van der Waals surface area contributed by atoms with Crippen LogP contribution in [-0.2, 0) is 4.79 Å². The van der Waals surface area contributed by atoms with Crippen LogP contribution < -0.4 is 5.73 Å². The monoisotopic (exact) mass is 274 g/mol. The van der Waals surface area contributed by atoms with Gasteiger partial charge < -0.3 is 10.6 Å². The summed E-state index contributed by atoms with van der Waals surface area (Å²) in [6.07, 6.45) is 6.54. The lowest BCUT2D eigenvalue weighted by molar-refractivity contribution is -0.136. The highest BCUT2D eigenvalue weighted by atomic mass is 35.5. The second-order valence-electron chi connectivity index (χ2n) is 6.14. The van der Waals surface area contributed by atoms with E-state index in [1.807, 2.05) is 0 Å². The highest BCUT2D eigenvalue weighted by Gasteiger charge is 2.31. The van der Waals surface area contributed by atoms with Crippen LogP contribution in [0.1, 0.15) is 52.4 Å². The van der Waals surface area contributed by atoms with E-state index in [9.17, 15) is 4.79 Å². The highest BCUT2D eigenvalue weighted by molar-refractivity contribution is 5.85. The van der Waals surface area contributed by atoms with E-state index in [0.29, 0.717) is 30.2 Å². The Morgan fingerprint density at radius 3 is 2.56 bits per heavy atom. The van der Waals surface area contributed by atoms with E-state index in [-0.39, 0.29) is 18.4 Å². The van der Waals surface area contributed by atoms with Crippen molar-refractivity contribution >= 4 is 18.3 Å². The topological polar surface area (TPSA) is 46.3 Å². The second kappa shape index (κ2) is 6.76. The van der Waals surface area contributed by atoms with Gasteiger partial charge in [-0.2, -0.15) is 0 Å². The first-order valence-electron chi connectivity index (χ1n) is 7.13. The first kappa shape index (κ1) is 15.8. The molecule has 0 aromatic rings. The quantitative estimate of drug-likeness (QED) is 0.841. The summed E-state index contributed by atoms with van der Waals surface area (Å²) >= 11 is 0. The maximum absolute atomic E-state index is 12.3. The lowest BCUT2D eigenvalue weighted by Crippen LogP contribution is -2.46. The van der Waals surface area contributed by atoms with Gasteiger partial charge in [-0.3, -0.25) is 4.79 Å². The molecular formula is C14H27ClN2O. The van der Waals surface area contributed by atoms with Gasteiger partial charge in [-0.05, 0) is 44.4 Å². The minimum absolute atomic E-state index is 0. The molecule has 0 spiro atoms. The van der Waals surface area contributed by atoms with Gasteiger partial charge in [0.1, 0.15) is 0 Å². The molecule has 1 amide bonds. The average molecular weight is 275 g/mol. The fourth-order valence-corrected chi connectivity index (χ4v) is 3.30. The maximum Gasteiger partial charge on any atom is 0.223 e. The van der Waals surface area contributed by atoms with E-state index >= 15 is 0 Å². The molecule has 1 saturated heterocycles. The van der Waals surface area contributed by atoms with Gasteiger partial charge in [0.25, 0.3) is 0 Å². The fraction of sp³-hybridized carbons (Fsp3) is 0.929. The van der Waals surface area contributed by atoms with Gasteiger partial charge in [0.2, 0.25) is 5.91 Å². The number of nitrogens with two attached hydrogens (primary N) is 1. The predicted octanol–water partition coefficient (Wildman–Crippen LogP) is 2.57. The lowest BCUT2D eigenvalue weighted by atomic mass is 9.93. The van der Waals surface area contributed by atoms with Crippen molar-refractivity contribution in [2.24, 2.45) is 17.6 Å². The molecule has 1 heterocycles. The Bertz CT molecular complexity index is 285. The van der Waals surface area contributed by atoms with Crippen LogP contribution in [-0.4, -0.2) is 29.4 Å². The zero-order chi connectivity index (χ0) is 12.4. The fourth-order valence-electron chi connectivity index (χ4n) is 3.30. The summed E-state index contributed by atoms with van der Waals surface area (Å²) in [5.74, 6) is 1.44. The molecule has 1 aliphatic carbocycles. The molecule has 2 rings (SSSR count). The largest absolute Gasteiger partial charge is 0.340 e. The number of hydrogen-bond donors (Lipinski definition) is 1. The summed E-state index contributed by atoms with van der Waals surface area (Å²) in [7, 11) is 0. The third-order valence-corrected chi connectivity index (χ3v) is 4.59. The van der Waals surface area contributed by atoms with E-state index in [4.69, 9.17) is 5.73 Å². The van der Waals surface area contributed by atoms with Crippen LogP contribution in [0.15, 0.2) is 0 Å². The summed E-state index contributed by atoms with van der Waals surface area (Å²) in [5, 5.41) is 0. The summed E-state index contributed by atoms with van der Waals surface area (Å²) in [6.45, 7) is 5.37. The minimum atomic E-state index is 0. The molecule has 4 heteroatoms. The van der Waals surface area contributed by atoms with Crippen molar-refractivity contribution in [1.29, 1.82) is 0 Å². The molecule has 2 unspecified atom stereocenters. The molecule has 0 aromatic heterocycles. The standard InChI is InChI=1S/C14H26N2O.ClH/c1-10-6-7-11(2)16(9-10)14(17)8-12-4-3-5-13(12)15;/h10-13H,3-9,15H2,1-2H3;1H/t10?,11?,12-,13+;/m0./s1. The zero-order valence-corrected chi connectivity index (χ0v) is 12.4. The minimum Gasteiger partial charge on any atom is -0.340 e. The normalized spacial score (nSPS) is 36.3. The number of carbonyl (C=O) groups excluding carboxylic acids is 1. The van der Waals surface area contributed by atoms with E-state index < -0.39 is 0 Å².